The molecule has 0 aliphatic heterocycles. The summed E-state index contributed by atoms with van der Waals surface area (Å²) in [5.74, 6) is -0.0120. The molecule has 0 aliphatic rings. The van der Waals surface area contributed by atoms with E-state index in [4.69, 9.17) is 0 Å². The van der Waals surface area contributed by atoms with E-state index in [1.165, 1.54) is 0 Å². The minimum Gasteiger partial charge on any atom is -0.350 e. The van der Waals surface area contributed by atoms with Gasteiger partial charge in [-0.25, -0.2) is 4.98 Å². The molecule has 3 heterocycles. The van der Waals surface area contributed by atoms with Gasteiger partial charge in [0.2, 0.25) is 5.91 Å². The molecule has 5 nitrogen and oxygen atoms in total. The average molecular weight is 362 g/mol. The van der Waals surface area contributed by atoms with Crippen molar-refractivity contribution < 1.29 is 4.79 Å². The number of carbonyl (C=O) groups is 1. The van der Waals surface area contributed by atoms with Gasteiger partial charge in [-0.2, -0.15) is 0 Å². The van der Waals surface area contributed by atoms with Crippen LogP contribution in [0.2, 0.25) is 0 Å². The molecule has 0 radical (unpaired) electrons. The van der Waals surface area contributed by atoms with Crippen molar-refractivity contribution in [3.05, 3.63) is 71.6 Å². The zero-order chi connectivity index (χ0) is 17.9. The Hall–Kier alpha value is -2.99. The van der Waals surface area contributed by atoms with Crippen molar-refractivity contribution in [2.24, 2.45) is 0 Å². The lowest BCUT2D eigenvalue weighted by Crippen LogP contribution is -2.26. The van der Waals surface area contributed by atoms with Crippen LogP contribution in [0.4, 0.5) is 0 Å². The number of hydrogen-bond acceptors (Lipinski definition) is 4. The van der Waals surface area contributed by atoms with Crippen LogP contribution in [-0.2, 0) is 17.9 Å². The lowest BCUT2D eigenvalue weighted by atomic mass is 10.2. The molecule has 0 atom stereocenters. The number of aromatic nitrogens is 3. The van der Waals surface area contributed by atoms with Gasteiger partial charge in [0.05, 0.1) is 12.2 Å². The van der Waals surface area contributed by atoms with E-state index in [1.54, 1.807) is 23.7 Å². The second-order valence-corrected chi connectivity index (χ2v) is 7.13. The van der Waals surface area contributed by atoms with Gasteiger partial charge in [-0.15, -0.1) is 11.3 Å². The summed E-state index contributed by atoms with van der Waals surface area (Å²) in [5, 5.41) is 5.07. The molecule has 0 saturated carbocycles. The number of fused-ring (bicyclic) bond motifs is 1. The molecule has 1 aromatic carbocycles. The highest BCUT2D eigenvalue weighted by Gasteiger charge is 2.11. The Morgan fingerprint density at radius 3 is 2.92 bits per heavy atom. The van der Waals surface area contributed by atoms with Crippen LogP contribution in [-0.4, -0.2) is 20.4 Å². The molecule has 1 amide bonds. The highest BCUT2D eigenvalue weighted by Crippen LogP contribution is 2.27. The Morgan fingerprint density at radius 1 is 1.19 bits per heavy atom. The summed E-state index contributed by atoms with van der Waals surface area (Å²) in [4.78, 5) is 22.2. The SMILES string of the molecule is Cc1nc(-c2cccnc2)sc1CNC(=O)Cn1ccc2ccccc21. The van der Waals surface area contributed by atoms with Gasteiger partial charge in [0.1, 0.15) is 11.6 Å². The maximum atomic E-state index is 12.4. The number of pyridine rings is 1. The van der Waals surface area contributed by atoms with Gasteiger partial charge in [0, 0.05) is 34.5 Å². The fraction of sp³-hybridized carbons (Fsp3) is 0.150. The van der Waals surface area contributed by atoms with E-state index in [0.29, 0.717) is 13.1 Å². The number of hydrogen-bond donors (Lipinski definition) is 1. The predicted octanol–water partition coefficient (Wildman–Crippen LogP) is 3.78. The van der Waals surface area contributed by atoms with Gasteiger partial charge in [-0.3, -0.25) is 9.78 Å². The number of carbonyl (C=O) groups excluding carboxylic acids is 1. The summed E-state index contributed by atoms with van der Waals surface area (Å²) in [5.41, 5.74) is 3.01. The molecule has 3 aromatic heterocycles. The first kappa shape index (κ1) is 16.5. The number of amides is 1. The zero-order valence-electron chi connectivity index (χ0n) is 14.3. The smallest absolute Gasteiger partial charge is 0.240 e. The van der Waals surface area contributed by atoms with Crippen molar-refractivity contribution in [2.75, 3.05) is 0 Å². The van der Waals surface area contributed by atoms with Crippen molar-refractivity contribution in [2.45, 2.75) is 20.0 Å². The molecule has 6 heteroatoms. The van der Waals surface area contributed by atoms with E-state index in [0.717, 1.165) is 32.0 Å². The minimum absolute atomic E-state index is 0.0120. The van der Waals surface area contributed by atoms with Crippen molar-refractivity contribution in [3.8, 4) is 10.6 Å². The topological polar surface area (TPSA) is 59.8 Å². The Labute approximate surface area is 155 Å². The quantitative estimate of drug-likeness (QED) is 0.588. The average Bonchev–Trinajstić information content (AvgIpc) is 3.25. The number of para-hydroxylation sites is 1. The summed E-state index contributed by atoms with van der Waals surface area (Å²) in [6, 6.07) is 14.0. The first-order valence-electron chi connectivity index (χ1n) is 8.38. The Kier molecular flexibility index (Phi) is 4.50. The normalized spacial score (nSPS) is 11.0. The zero-order valence-corrected chi connectivity index (χ0v) is 15.2. The maximum absolute atomic E-state index is 12.4. The fourth-order valence-electron chi connectivity index (χ4n) is 2.87. The van der Waals surface area contributed by atoms with E-state index in [9.17, 15) is 4.79 Å². The summed E-state index contributed by atoms with van der Waals surface area (Å²) >= 11 is 1.59. The van der Waals surface area contributed by atoms with Gasteiger partial charge in [-0.05, 0) is 36.6 Å². The molecule has 0 bridgehead atoms. The predicted molar refractivity (Wildman–Crippen MR) is 104 cm³/mol. The first-order valence-corrected chi connectivity index (χ1v) is 9.19. The molecule has 0 aliphatic carbocycles. The molecule has 4 aromatic rings. The van der Waals surface area contributed by atoms with Crippen LogP contribution in [0.15, 0.2) is 61.1 Å². The van der Waals surface area contributed by atoms with E-state index in [1.807, 2.05) is 60.2 Å². The second kappa shape index (κ2) is 7.09. The van der Waals surface area contributed by atoms with Crippen LogP contribution in [0, 0.1) is 6.92 Å². The van der Waals surface area contributed by atoms with Crippen molar-refractivity contribution in [1.29, 1.82) is 0 Å². The fourth-order valence-corrected chi connectivity index (χ4v) is 3.86. The standard InChI is InChI=1S/C20H18N4OS/c1-14-18(26-20(23-14)16-6-4-9-21-11-16)12-22-19(25)13-24-10-8-15-5-2-3-7-17(15)24/h2-11H,12-13H2,1H3,(H,22,25). The van der Waals surface area contributed by atoms with Crippen LogP contribution < -0.4 is 5.32 Å². The van der Waals surface area contributed by atoms with Crippen molar-refractivity contribution in [3.63, 3.8) is 0 Å². The first-order chi connectivity index (χ1) is 12.7. The summed E-state index contributed by atoms with van der Waals surface area (Å²) in [7, 11) is 0. The summed E-state index contributed by atoms with van der Waals surface area (Å²) < 4.78 is 1.96. The molecule has 130 valence electrons. The minimum atomic E-state index is -0.0120. The maximum Gasteiger partial charge on any atom is 0.240 e. The largest absolute Gasteiger partial charge is 0.350 e. The van der Waals surface area contributed by atoms with Gasteiger partial charge in [-0.1, -0.05) is 18.2 Å². The van der Waals surface area contributed by atoms with Crippen LogP contribution in [0.25, 0.3) is 21.5 Å². The molecule has 26 heavy (non-hydrogen) atoms. The molecule has 0 saturated heterocycles. The van der Waals surface area contributed by atoms with Gasteiger partial charge in [0.25, 0.3) is 0 Å². The molecule has 0 spiro atoms. The molecule has 0 fully saturated rings. The number of thiazole rings is 1. The number of nitrogens with one attached hydrogen (secondary N) is 1. The van der Waals surface area contributed by atoms with E-state index >= 15 is 0 Å². The van der Waals surface area contributed by atoms with Gasteiger partial charge >= 0.3 is 0 Å². The number of aryl methyl sites for hydroxylation is 1. The van der Waals surface area contributed by atoms with E-state index in [2.05, 4.69) is 15.3 Å². The third-order valence-corrected chi connectivity index (χ3v) is 5.45. The number of rotatable bonds is 5. The third kappa shape index (κ3) is 3.36. The Balaban J connectivity index is 1.42. The Morgan fingerprint density at radius 2 is 2.08 bits per heavy atom. The van der Waals surface area contributed by atoms with Crippen LogP contribution >= 0.6 is 11.3 Å². The molecule has 4 rings (SSSR count). The monoisotopic (exact) mass is 362 g/mol. The highest BCUT2D eigenvalue weighted by atomic mass is 32.1. The molecule has 1 N–H and O–H groups in total. The molecule has 0 unspecified atom stereocenters. The lowest BCUT2D eigenvalue weighted by Gasteiger charge is -2.07. The highest BCUT2D eigenvalue weighted by molar-refractivity contribution is 7.15. The second-order valence-electron chi connectivity index (χ2n) is 6.05. The summed E-state index contributed by atoms with van der Waals surface area (Å²) in [6.45, 7) is 2.76. The van der Waals surface area contributed by atoms with Crippen LogP contribution in [0.3, 0.4) is 0 Å². The third-order valence-electron chi connectivity index (χ3n) is 4.24. The van der Waals surface area contributed by atoms with E-state index < -0.39 is 0 Å². The lowest BCUT2D eigenvalue weighted by molar-refractivity contribution is -0.121. The number of benzene rings is 1. The molecular formula is C20H18N4OS. The summed E-state index contributed by atoms with van der Waals surface area (Å²) in [6.07, 6.45) is 5.50. The van der Waals surface area contributed by atoms with E-state index in [-0.39, 0.29) is 5.91 Å². The van der Waals surface area contributed by atoms with Crippen molar-refractivity contribution in [1.82, 2.24) is 19.9 Å². The number of nitrogens with zero attached hydrogens (tertiary/aromatic N) is 3. The van der Waals surface area contributed by atoms with Gasteiger partial charge in [0.15, 0.2) is 0 Å². The molecular weight excluding hydrogens is 344 g/mol. The van der Waals surface area contributed by atoms with Gasteiger partial charge < -0.3 is 9.88 Å². The van der Waals surface area contributed by atoms with Crippen molar-refractivity contribution >= 4 is 28.1 Å². The van der Waals surface area contributed by atoms with Crippen LogP contribution in [0.1, 0.15) is 10.6 Å². The Bertz CT molecular complexity index is 1050. The van der Waals surface area contributed by atoms with Crippen LogP contribution in [0.5, 0.6) is 0 Å².